The van der Waals surface area contributed by atoms with E-state index in [2.05, 4.69) is 5.10 Å². The maximum absolute atomic E-state index is 12.4. The summed E-state index contributed by atoms with van der Waals surface area (Å²) in [6.45, 7) is 0.515. The first-order valence-electron chi connectivity index (χ1n) is 7.30. The van der Waals surface area contributed by atoms with Gasteiger partial charge in [-0.3, -0.25) is 14.3 Å². The number of fused-ring (bicyclic) bond motifs is 1. The molecule has 118 valence electrons. The molecule has 0 aliphatic rings. The van der Waals surface area contributed by atoms with Crippen molar-refractivity contribution >= 4 is 16.9 Å². The number of benzene rings is 1. The molecular formula is C17H17N3O3. The van der Waals surface area contributed by atoms with Gasteiger partial charge in [-0.25, -0.2) is 0 Å². The summed E-state index contributed by atoms with van der Waals surface area (Å²) in [5.41, 5.74) is 1.26. The number of hydrogen-bond donors (Lipinski definition) is 0. The van der Waals surface area contributed by atoms with Crippen LogP contribution in [-0.4, -0.2) is 34.2 Å². The van der Waals surface area contributed by atoms with E-state index in [9.17, 15) is 9.59 Å². The first-order valence-corrected chi connectivity index (χ1v) is 7.30. The van der Waals surface area contributed by atoms with Crippen molar-refractivity contribution in [1.29, 1.82) is 0 Å². The van der Waals surface area contributed by atoms with Crippen molar-refractivity contribution in [3.63, 3.8) is 0 Å². The van der Waals surface area contributed by atoms with Gasteiger partial charge < -0.3 is 9.32 Å². The Bertz CT molecular complexity index is 911. The third kappa shape index (κ3) is 3.15. The van der Waals surface area contributed by atoms with Crippen LogP contribution in [0.15, 0.2) is 51.9 Å². The molecule has 6 nitrogen and oxygen atoms in total. The van der Waals surface area contributed by atoms with E-state index in [0.29, 0.717) is 23.9 Å². The zero-order valence-electron chi connectivity index (χ0n) is 13.0. The Morgan fingerprint density at radius 1 is 1.35 bits per heavy atom. The first kappa shape index (κ1) is 15.0. The number of para-hydroxylation sites is 1. The molecular weight excluding hydrogens is 294 g/mol. The predicted molar refractivity (Wildman–Crippen MR) is 86.4 cm³/mol. The van der Waals surface area contributed by atoms with Gasteiger partial charge in [0, 0.05) is 32.9 Å². The van der Waals surface area contributed by atoms with Crippen LogP contribution < -0.4 is 5.43 Å². The molecule has 0 aliphatic carbocycles. The minimum absolute atomic E-state index is 0.0578. The van der Waals surface area contributed by atoms with Gasteiger partial charge in [-0.2, -0.15) is 5.10 Å². The number of aromatic nitrogens is 2. The number of likely N-dealkylation sites (N-methyl/N-ethyl adjacent to an activating group) is 1. The molecule has 0 spiro atoms. The molecule has 0 radical (unpaired) electrons. The van der Waals surface area contributed by atoms with Crippen molar-refractivity contribution < 1.29 is 9.21 Å². The van der Waals surface area contributed by atoms with Crippen molar-refractivity contribution in [2.45, 2.75) is 6.42 Å². The number of amides is 1. The molecule has 0 saturated carbocycles. The van der Waals surface area contributed by atoms with Gasteiger partial charge in [0.2, 0.25) is 0 Å². The molecule has 0 aliphatic heterocycles. The lowest BCUT2D eigenvalue weighted by molar-refractivity contribution is 0.0766. The SMILES string of the molecule is CN(CCc1cnn(C)c1)C(=O)c1cc(=O)c2ccccc2o1. The number of carbonyl (C=O) groups excluding carboxylic acids is 1. The molecule has 0 bridgehead atoms. The van der Waals surface area contributed by atoms with Gasteiger partial charge in [0.05, 0.1) is 11.6 Å². The van der Waals surface area contributed by atoms with Crippen LogP contribution in [0.5, 0.6) is 0 Å². The standard InChI is InChI=1S/C17H17N3O3/c1-19(8-7-12-10-18-20(2)11-12)17(22)16-9-14(21)13-5-3-4-6-15(13)23-16/h3-6,9-11H,7-8H2,1-2H3. The second-order valence-electron chi connectivity index (χ2n) is 5.47. The van der Waals surface area contributed by atoms with E-state index in [0.717, 1.165) is 5.56 Å². The average molecular weight is 311 g/mol. The van der Waals surface area contributed by atoms with Crippen LogP contribution in [0.3, 0.4) is 0 Å². The van der Waals surface area contributed by atoms with Crippen LogP contribution in [-0.2, 0) is 13.5 Å². The van der Waals surface area contributed by atoms with Crippen molar-refractivity contribution in [2.24, 2.45) is 7.05 Å². The van der Waals surface area contributed by atoms with Gasteiger partial charge in [-0.15, -0.1) is 0 Å². The molecule has 23 heavy (non-hydrogen) atoms. The van der Waals surface area contributed by atoms with Crippen LogP contribution in [0, 0.1) is 0 Å². The van der Waals surface area contributed by atoms with Crippen LogP contribution >= 0.6 is 0 Å². The largest absolute Gasteiger partial charge is 0.451 e. The zero-order chi connectivity index (χ0) is 16.4. The van der Waals surface area contributed by atoms with Crippen molar-refractivity contribution in [3.05, 3.63) is 64.3 Å². The fourth-order valence-corrected chi connectivity index (χ4v) is 2.40. The van der Waals surface area contributed by atoms with E-state index < -0.39 is 0 Å². The van der Waals surface area contributed by atoms with Gasteiger partial charge in [0.1, 0.15) is 5.58 Å². The molecule has 2 aromatic heterocycles. The van der Waals surface area contributed by atoms with Crippen LogP contribution in [0.4, 0.5) is 0 Å². The summed E-state index contributed by atoms with van der Waals surface area (Å²) >= 11 is 0. The predicted octanol–water partition coefficient (Wildman–Crippen LogP) is 1.84. The molecule has 2 heterocycles. The minimum atomic E-state index is -0.309. The molecule has 0 N–H and O–H groups in total. The molecule has 0 fully saturated rings. The summed E-state index contributed by atoms with van der Waals surface area (Å²) in [4.78, 5) is 26.0. The highest BCUT2D eigenvalue weighted by atomic mass is 16.3. The molecule has 3 aromatic rings. The number of aryl methyl sites for hydroxylation is 1. The van der Waals surface area contributed by atoms with Crippen LogP contribution in [0.25, 0.3) is 11.0 Å². The molecule has 1 amide bonds. The molecule has 6 heteroatoms. The number of hydrogen-bond acceptors (Lipinski definition) is 4. The normalized spacial score (nSPS) is 10.9. The monoisotopic (exact) mass is 311 g/mol. The van der Waals surface area contributed by atoms with Crippen molar-refractivity contribution in [3.8, 4) is 0 Å². The third-order valence-corrected chi connectivity index (χ3v) is 3.69. The van der Waals surface area contributed by atoms with E-state index >= 15 is 0 Å². The summed E-state index contributed by atoms with van der Waals surface area (Å²) in [5.74, 6) is -0.251. The molecule has 0 atom stereocenters. The Morgan fingerprint density at radius 2 is 2.13 bits per heavy atom. The lowest BCUT2D eigenvalue weighted by Crippen LogP contribution is -2.29. The van der Waals surface area contributed by atoms with E-state index in [4.69, 9.17) is 4.42 Å². The Balaban J connectivity index is 1.78. The summed E-state index contributed by atoms with van der Waals surface area (Å²) in [6, 6.07) is 8.16. The Kier molecular flexibility index (Phi) is 3.97. The summed E-state index contributed by atoms with van der Waals surface area (Å²) in [5, 5.41) is 4.57. The van der Waals surface area contributed by atoms with Gasteiger partial charge in [-0.05, 0) is 24.1 Å². The summed E-state index contributed by atoms with van der Waals surface area (Å²) in [7, 11) is 3.54. The average Bonchev–Trinajstić information content (AvgIpc) is 2.97. The fraction of sp³-hybridized carbons (Fsp3) is 0.235. The van der Waals surface area contributed by atoms with Crippen molar-refractivity contribution in [2.75, 3.05) is 13.6 Å². The Morgan fingerprint density at radius 3 is 2.87 bits per heavy atom. The minimum Gasteiger partial charge on any atom is -0.451 e. The van der Waals surface area contributed by atoms with Crippen LogP contribution in [0.2, 0.25) is 0 Å². The quantitative estimate of drug-likeness (QED) is 0.737. The summed E-state index contributed by atoms with van der Waals surface area (Å²) in [6.07, 6.45) is 4.37. The fourth-order valence-electron chi connectivity index (χ4n) is 2.40. The van der Waals surface area contributed by atoms with E-state index in [1.54, 1.807) is 47.1 Å². The van der Waals surface area contributed by atoms with Crippen molar-refractivity contribution in [1.82, 2.24) is 14.7 Å². The maximum Gasteiger partial charge on any atom is 0.289 e. The smallest absolute Gasteiger partial charge is 0.289 e. The highest BCUT2D eigenvalue weighted by Crippen LogP contribution is 2.13. The number of carbonyl (C=O) groups is 1. The molecule has 0 unspecified atom stereocenters. The highest BCUT2D eigenvalue weighted by molar-refractivity contribution is 5.93. The third-order valence-electron chi connectivity index (χ3n) is 3.69. The molecule has 0 saturated heterocycles. The second kappa shape index (κ2) is 6.08. The maximum atomic E-state index is 12.4. The van der Waals surface area contributed by atoms with E-state index in [-0.39, 0.29) is 17.1 Å². The summed E-state index contributed by atoms with van der Waals surface area (Å²) < 4.78 is 7.30. The number of nitrogens with zero attached hydrogens (tertiary/aromatic N) is 3. The van der Waals surface area contributed by atoms with E-state index in [1.807, 2.05) is 13.2 Å². The second-order valence-corrected chi connectivity index (χ2v) is 5.47. The molecule has 1 aromatic carbocycles. The first-order chi connectivity index (χ1) is 11.0. The number of rotatable bonds is 4. The van der Waals surface area contributed by atoms with Gasteiger partial charge in [0.25, 0.3) is 5.91 Å². The zero-order valence-corrected chi connectivity index (χ0v) is 13.0. The van der Waals surface area contributed by atoms with E-state index in [1.165, 1.54) is 6.07 Å². The topological polar surface area (TPSA) is 68.3 Å². The Labute approximate surface area is 132 Å². The highest BCUT2D eigenvalue weighted by Gasteiger charge is 2.16. The Hall–Kier alpha value is -2.89. The molecule has 3 rings (SSSR count). The lowest BCUT2D eigenvalue weighted by atomic mass is 10.2. The lowest BCUT2D eigenvalue weighted by Gasteiger charge is -2.16. The van der Waals surface area contributed by atoms with Crippen LogP contribution in [0.1, 0.15) is 16.1 Å². The van der Waals surface area contributed by atoms with Gasteiger partial charge in [-0.1, -0.05) is 12.1 Å². The van der Waals surface area contributed by atoms with Gasteiger partial charge >= 0.3 is 0 Å². The van der Waals surface area contributed by atoms with Gasteiger partial charge in [0.15, 0.2) is 11.2 Å².